The summed E-state index contributed by atoms with van der Waals surface area (Å²) in [6.07, 6.45) is 0. The number of benzene rings is 1. The van der Waals surface area contributed by atoms with Gasteiger partial charge in [0, 0.05) is 29.7 Å². The van der Waals surface area contributed by atoms with E-state index in [-0.39, 0.29) is 11.9 Å². The Morgan fingerprint density at radius 3 is 3.05 bits per heavy atom. The fourth-order valence-corrected chi connectivity index (χ4v) is 2.66. The van der Waals surface area contributed by atoms with Gasteiger partial charge in [-0.3, -0.25) is 4.79 Å². The first-order valence-corrected chi connectivity index (χ1v) is 7.32. The number of hydrogen-bond donors (Lipinski definition) is 3. The van der Waals surface area contributed by atoms with Crippen LogP contribution in [0.15, 0.2) is 18.2 Å². The van der Waals surface area contributed by atoms with Gasteiger partial charge < -0.3 is 20.4 Å². The standard InChI is InChI=1S/C16H21N3O2/c1-10-11(2)19-14-4-3-12(7-13(10)14)8-18-16(20)15-9-21-6-5-17-15/h3-4,7,15,17,19H,5-6,8-9H2,1-2H3,(H,18,20). The van der Waals surface area contributed by atoms with Crippen molar-refractivity contribution in [2.24, 2.45) is 0 Å². The van der Waals surface area contributed by atoms with Gasteiger partial charge in [-0.05, 0) is 37.1 Å². The number of carbonyl (C=O) groups is 1. The van der Waals surface area contributed by atoms with Crippen LogP contribution >= 0.6 is 0 Å². The van der Waals surface area contributed by atoms with Crippen LogP contribution in [0.25, 0.3) is 10.9 Å². The van der Waals surface area contributed by atoms with Crippen LogP contribution in [0.3, 0.4) is 0 Å². The van der Waals surface area contributed by atoms with E-state index in [0.29, 0.717) is 19.8 Å². The molecule has 1 atom stereocenters. The van der Waals surface area contributed by atoms with Gasteiger partial charge in [-0.2, -0.15) is 0 Å². The number of rotatable bonds is 3. The number of aromatic amines is 1. The van der Waals surface area contributed by atoms with E-state index in [1.165, 1.54) is 16.6 Å². The molecule has 0 aliphatic carbocycles. The Balaban J connectivity index is 1.67. The van der Waals surface area contributed by atoms with Crippen LogP contribution in [-0.4, -0.2) is 36.7 Å². The first-order valence-electron chi connectivity index (χ1n) is 7.32. The molecular formula is C16H21N3O2. The van der Waals surface area contributed by atoms with Gasteiger partial charge >= 0.3 is 0 Å². The fourth-order valence-electron chi connectivity index (χ4n) is 2.66. The highest BCUT2D eigenvalue weighted by Gasteiger charge is 2.20. The lowest BCUT2D eigenvalue weighted by molar-refractivity contribution is -0.126. The van der Waals surface area contributed by atoms with Gasteiger partial charge in [-0.15, -0.1) is 0 Å². The van der Waals surface area contributed by atoms with Crippen LogP contribution in [0, 0.1) is 13.8 Å². The molecule has 1 aliphatic heterocycles. The van der Waals surface area contributed by atoms with Crippen molar-refractivity contribution in [2.75, 3.05) is 19.8 Å². The van der Waals surface area contributed by atoms with Crippen molar-refractivity contribution in [3.63, 3.8) is 0 Å². The minimum absolute atomic E-state index is 0.00299. The Bertz CT molecular complexity index is 657. The molecule has 1 amide bonds. The highest BCUT2D eigenvalue weighted by molar-refractivity contribution is 5.85. The zero-order valence-corrected chi connectivity index (χ0v) is 12.5. The number of ether oxygens (including phenoxy) is 1. The van der Waals surface area contributed by atoms with Crippen molar-refractivity contribution in [3.05, 3.63) is 35.0 Å². The second kappa shape index (κ2) is 5.87. The summed E-state index contributed by atoms with van der Waals surface area (Å²) in [5, 5.41) is 7.34. The molecule has 2 aromatic rings. The van der Waals surface area contributed by atoms with Gasteiger partial charge in [0.2, 0.25) is 5.91 Å². The SMILES string of the molecule is Cc1[nH]c2ccc(CNC(=O)C3COCCN3)cc2c1C. The first-order chi connectivity index (χ1) is 10.1. The van der Waals surface area contributed by atoms with E-state index < -0.39 is 0 Å². The predicted molar refractivity (Wildman–Crippen MR) is 82.2 cm³/mol. The summed E-state index contributed by atoms with van der Waals surface area (Å²) in [6.45, 7) is 6.57. The lowest BCUT2D eigenvalue weighted by atomic mass is 10.1. The monoisotopic (exact) mass is 287 g/mol. The molecule has 3 rings (SSSR count). The van der Waals surface area contributed by atoms with Crippen LogP contribution in [0.5, 0.6) is 0 Å². The van der Waals surface area contributed by atoms with Crippen molar-refractivity contribution in [1.29, 1.82) is 0 Å². The molecule has 0 spiro atoms. The molecule has 1 fully saturated rings. The Hall–Kier alpha value is -1.85. The molecule has 1 aromatic carbocycles. The summed E-state index contributed by atoms with van der Waals surface area (Å²) in [5.74, 6) is -0.00299. The molecule has 21 heavy (non-hydrogen) atoms. The number of hydrogen-bond acceptors (Lipinski definition) is 3. The number of H-pyrrole nitrogens is 1. The van der Waals surface area contributed by atoms with E-state index >= 15 is 0 Å². The molecule has 2 heterocycles. The summed E-state index contributed by atoms with van der Waals surface area (Å²) in [4.78, 5) is 15.4. The Labute approximate surface area is 124 Å². The van der Waals surface area contributed by atoms with Gasteiger partial charge in [-0.1, -0.05) is 6.07 Å². The molecule has 5 nitrogen and oxygen atoms in total. The zero-order valence-electron chi connectivity index (χ0n) is 12.5. The number of aromatic nitrogens is 1. The van der Waals surface area contributed by atoms with E-state index in [4.69, 9.17) is 4.74 Å². The van der Waals surface area contributed by atoms with Gasteiger partial charge in [0.1, 0.15) is 6.04 Å². The molecule has 1 aliphatic rings. The van der Waals surface area contributed by atoms with Gasteiger partial charge in [-0.25, -0.2) is 0 Å². The van der Waals surface area contributed by atoms with Gasteiger partial charge in [0.15, 0.2) is 0 Å². The van der Waals surface area contributed by atoms with Crippen LogP contribution in [0.1, 0.15) is 16.8 Å². The molecular weight excluding hydrogens is 266 g/mol. The molecule has 1 saturated heterocycles. The Morgan fingerprint density at radius 2 is 2.29 bits per heavy atom. The third-order valence-corrected chi connectivity index (χ3v) is 4.08. The average Bonchev–Trinajstić information content (AvgIpc) is 2.80. The number of aryl methyl sites for hydroxylation is 2. The predicted octanol–water partition coefficient (Wildman–Crippen LogP) is 1.39. The second-order valence-electron chi connectivity index (χ2n) is 5.55. The minimum Gasteiger partial charge on any atom is -0.378 e. The summed E-state index contributed by atoms with van der Waals surface area (Å²) in [5.41, 5.74) is 4.70. The average molecular weight is 287 g/mol. The van der Waals surface area contributed by atoms with Crippen LogP contribution in [0.4, 0.5) is 0 Å². The highest BCUT2D eigenvalue weighted by Crippen LogP contribution is 2.22. The second-order valence-corrected chi connectivity index (χ2v) is 5.55. The molecule has 0 radical (unpaired) electrons. The third kappa shape index (κ3) is 2.94. The summed E-state index contributed by atoms with van der Waals surface area (Å²) in [6, 6.07) is 6.01. The Kier molecular flexibility index (Phi) is 3.94. The Morgan fingerprint density at radius 1 is 1.43 bits per heavy atom. The van der Waals surface area contributed by atoms with Crippen molar-refractivity contribution in [1.82, 2.24) is 15.6 Å². The molecule has 0 saturated carbocycles. The topological polar surface area (TPSA) is 66.2 Å². The smallest absolute Gasteiger partial charge is 0.239 e. The maximum atomic E-state index is 12.0. The maximum absolute atomic E-state index is 12.0. The molecule has 1 unspecified atom stereocenters. The lowest BCUT2D eigenvalue weighted by Crippen LogP contribution is -2.51. The van der Waals surface area contributed by atoms with Crippen LogP contribution < -0.4 is 10.6 Å². The van der Waals surface area contributed by atoms with E-state index in [1.807, 2.05) is 6.07 Å². The normalized spacial score (nSPS) is 18.9. The van der Waals surface area contributed by atoms with Crippen LogP contribution in [-0.2, 0) is 16.1 Å². The van der Waals surface area contributed by atoms with Gasteiger partial charge in [0.05, 0.1) is 13.2 Å². The molecule has 1 aromatic heterocycles. The van der Waals surface area contributed by atoms with E-state index in [9.17, 15) is 4.79 Å². The summed E-state index contributed by atoms with van der Waals surface area (Å²) >= 11 is 0. The molecule has 0 bridgehead atoms. The summed E-state index contributed by atoms with van der Waals surface area (Å²) < 4.78 is 5.30. The molecule has 5 heteroatoms. The zero-order chi connectivity index (χ0) is 14.8. The lowest BCUT2D eigenvalue weighted by Gasteiger charge is -2.22. The van der Waals surface area contributed by atoms with E-state index in [0.717, 1.165) is 17.6 Å². The molecule has 112 valence electrons. The quantitative estimate of drug-likeness (QED) is 0.799. The van der Waals surface area contributed by atoms with Crippen molar-refractivity contribution < 1.29 is 9.53 Å². The summed E-state index contributed by atoms with van der Waals surface area (Å²) in [7, 11) is 0. The third-order valence-electron chi connectivity index (χ3n) is 4.08. The number of amides is 1. The van der Waals surface area contributed by atoms with Gasteiger partial charge in [0.25, 0.3) is 0 Å². The number of nitrogens with one attached hydrogen (secondary N) is 3. The highest BCUT2D eigenvalue weighted by atomic mass is 16.5. The number of morpholine rings is 1. The van der Waals surface area contributed by atoms with E-state index in [2.05, 4.69) is 41.6 Å². The largest absolute Gasteiger partial charge is 0.378 e. The first kappa shape index (κ1) is 14.1. The fraction of sp³-hybridized carbons (Fsp3) is 0.438. The van der Waals surface area contributed by atoms with Crippen molar-refractivity contribution in [3.8, 4) is 0 Å². The van der Waals surface area contributed by atoms with E-state index in [1.54, 1.807) is 0 Å². The van der Waals surface area contributed by atoms with Crippen LogP contribution in [0.2, 0.25) is 0 Å². The number of carbonyl (C=O) groups excluding carboxylic acids is 1. The maximum Gasteiger partial charge on any atom is 0.239 e. The van der Waals surface area contributed by atoms with Crippen molar-refractivity contribution >= 4 is 16.8 Å². The number of fused-ring (bicyclic) bond motifs is 1. The molecule has 3 N–H and O–H groups in total. The van der Waals surface area contributed by atoms with Crippen molar-refractivity contribution in [2.45, 2.75) is 26.4 Å². The minimum atomic E-state index is -0.237.